The van der Waals surface area contributed by atoms with Gasteiger partial charge in [-0.2, -0.15) is 0 Å². The van der Waals surface area contributed by atoms with E-state index >= 15 is 0 Å². The van der Waals surface area contributed by atoms with Crippen LogP contribution in [0.5, 0.6) is 0 Å². The lowest BCUT2D eigenvalue weighted by molar-refractivity contribution is 0.0584. The summed E-state index contributed by atoms with van der Waals surface area (Å²) < 4.78 is 6.26. The number of nitrogens with zero attached hydrogens (tertiary/aromatic N) is 3. The first-order valence-corrected chi connectivity index (χ1v) is 6.06. The summed E-state index contributed by atoms with van der Waals surface area (Å²) in [4.78, 5) is 15.3. The van der Waals surface area contributed by atoms with Gasteiger partial charge >= 0.3 is 5.97 Å². The van der Waals surface area contributed by atoms with Crippen molar-refractivity contribution >= 4 is 5.97 Å². The monoisotopic (exact) mass is 254 g/mol. The van der Waals surface area contributed by atoms with E-state index in [-0.39, 0.29) is 23.3 Å². The minimum atomic E-state index is -0.536. The van der Waals surface area contributed by atoms with Crippen molar-refractivity contribution in [2.75, 3.05) is 7.11 Å². The summed E-state index contributed by atoms with van der Waals surface area (Å²) in [6.45, 7) is 8.30. The second-order valence-electron chi connectivity index (χ2n) is 5.42. The first kappa shape index (κ1) is 14.6. The number of rotatable bonds is 4. The van der Waals surface area contributed by atoms with E-state index in [1.54, 1.807) is 4.68 Å². The first-order valence-electron chi connectivity index (χ1n) is 6.06. The number of methoxy groups -OCH3 is 1. The van der Waals surface area contributed by atoms with Crippen LogP contribution in [0.4, 0.5) is 0 Å². The molecule has 0 radical (unpaired) electrons. The summed E-state index contributed by atoms with van der Waals surface area (Å²) in [5.74, 6) is -0.471. The van der Waals surface area contributed by atoms with Crippen molar-refractivity contribution < 1.29 is 9.53 Å². The van der Waals surface area contributed by atoms with Gasteiger partial charge in [-0.1, -0.05) is 27.7 Å². The smallest absolute Gasteiger partial charge is 0.377 e. The van der Waals surface area contributed by atoms with E-state index in [1.807, 2.05) is 6.92 Å². The van der Waals surface area contributed by atoms with E-state index < -0.39 is 5.97 Å². The predicted molar refractivity (Wildman–Crippen MR) is 68.1 cm³/mol. The van der Waals surface area contributed by atoms with Gasteiger partial charge in [0.05, 0.1) is 13.2 Å². The molecular formula is C12H22N4O2. The standard InChI is InChI=1S/C12H22N4O2/c1-6-8(13)9(12(2,3)4)16-7-14-10(15-16)11(17)18-5/h7-9H,6,13H2,1-5H3. The van der Waals surface area contributed by atoms with Crippen molar-refractivity contribution in [1.82, 2.24) is 14.8 Å². The molecular weight excluding hydrogens is 232 g/mol. The van der Waals surface area contributed by atoms with Crippen molar-refractivity contribution in [3.05, 3.63) is 12.2 Å². The Morgan fingerprint density at radius 2 is 2.17 bits per heavy atom. The Morgan fingerprint density at radius 1 is 1.56 bits per heavy atom. The number of hydrogen-bond donors (Lipinski definition) is 1. The van der Waals surface area contributed by atoms with Crippen molar-refractivity contribution in [3.63, 3.8) is 0 Å². The molecule has 1 rings (SSSR count). The average Bonchev–Trinajstić information content (AvgIpc) is 2.75. The molecule has 0 amide bonds. The number of esters is 1. The van der Waals surface area contributed by atoms with Crippen LogP contribution in [0.1, 0.15) is 50.8 Å². The largest absolute Gasteiger partial charge is 0.463 e. The highest BCUT2D eigenvalue weighted by atomic mass is 16.5. The van der Waals surface area contributed by atoms with Crippen LogP contribution in [0.25, 0.3) is 0 Å². The molecule has 6 nitrogen and oxygen atoms in total. The molecule has 0 spiro atoms. The molecule has 1 aromatic heterocycles. The SMILES string of the molecule is CCC(N)C(n1cnc(C(=O)OC)n1)C(C)(C)C. The number of hydrogen-bond acceptors (Lipinski definition) is 5. The Balaban J connectivity index is 3.07. The van der Waals surface area contributed by atoms with Gasteiger partial charge in [0.15, 0.2) is 0 Å². The molecule has 6 heteroatoms. The van der Waals surface area contributed by atoms with Gasteiger partial charge in [0.1, 0.15) is 6.33 Å². The third-order valence-electron chi connectivity index (χ3n) is 2.93. The number of carbonyl (C=O) groups excluding carboxylic acids is 1. The lowest BCUT2D eigenvalue weighted by atomic mass is 9.82. The molecule has 0 bridgehead atoms. The molecule has 2 N–H and O–H groups in total. The number of aromatic nitrogens is 3. The van der Waals surface area contributed by atoms with E-state index in [1.165, 1.54) is 13.4 Å². The van der Waals surface area contributed by atoms with E-state index in [0.717, 1.165) is 6.42 Å². The zero-order valence-electron chi connectivity index (χ0n) is 11.7. The molecule has 0 saturated heterocycles. The maximum Gasteiger partial charge on any atom is 0.377 e. The minimum Gasteiger partial charge on any atom is -0.463 e. The van der Waals surface area contributed by atoms with Crippen LogP contribution in [0, 0.1) is 5.41 Å². The predicted octanol–water partition coefficient (Wildman–Crippen LogP) is 1.39. The molecule has 0 aliphatic heterocycles. The third kappa shape index (κ3) is 3.07. The lowest BCUT2D eigenvalue weighted by Gasteiger charge is -2.34. The number of ether oxygens (including phenoxy) is 1. The normalized spacial score (nSPS) is 15.2. The van der Waals surface area contributed by atoms with Crippen LogP contribution in [-0.4, -0.2) is 33.9 Å². The van der Waals surface area contributed by atoms with Gasteiger partial charge in [-0.3, -0.25) is 0 Å². The second kappa shape index (κ2) is 5.48. The van der Waals surface area contributed by atoms with E-state index in [9.17, 15) is 4.79 Å². The fourth-order valence-electron chi connectivity index (χ4n) is 2.05. The molecule has 1 heterocycles. The van der Waals surface area contributed by atoms with Crippen LogP contribution in [0.15, 0.2) is 6.33 Å². The van der Waals surface area contributed by atoms with Crippen LogP contribution in [0.2, 0.25) is 0 Å². The van der Waals surface area contributed by atoms with Gasteiger partial charge < -0.3 is 10.5 Å². The third-order valence-corrected chi connectivity index (χ3v) is 2.93. The van der Waals surface area contributed by atoms with Crippen LogP contribution in [0.3, 0.4) is 0 Å². The molecule has 1 aromatic rings. The number of carbonyl (C=O) groups is 1. The zero-order valence-corrected chi connectivity index (χ0v) is 11.7. The minimum absolute atomic E-state index is 0.0200. The van der Waals surface area contributed by atoms with Gasteiger partial charge in [0, 0.05) is 6.04 Å². The highest BCUT2D eigenvalue weighted by molar-refractivity contribution is 5.84. The summed E-state index contributed by atoms with van der Waals surface area (Å²) in [6, 6.07) is -0.0643. The van der Waals surface area contributed by atoms with Crippen molar-refractivity contribution in [2.45, 2.75) is 46.2 Å². The molecule has 102 valence electrons. The van der Waals surface area contributed by atoms with E-state index in [4.69, 9.17) is 5.73 Å². The van der Waals surface area contributed by atoms with Crippen molar-refractivity contribution in [3.8, 4) is 0 Å². The van der Waals surface area contributed by atoms with Crippen molar-refractivity contribution in [2.24, 2.45) is 11.1 Å². The van der Waals surface area contributed by atoms with Crippen LogP contribution < -0.4 is 5.73 Å². The maximum atomic E-state index is 11.3. The lowest BCUT2D eigenvalue weighted by Crippen LogP contribution is -2.40. The summed E-state index contributed by atoms with van der Waals surface area (Å²) in [5, 5.41) is 4.17. The summed E-state index contributed by atoms with van der Waals surface area (Å²) in [5.41, 5.74) is 6.08. The summed E-state index contributed by atoms with van der Waals surface area (Å²) >= 11 is 0. The van der Waals surface area contributed by atoms with Gasteiger partial charge in [-0.15, -0.1) is 5.10 Å². The topological polar surface area (TPSA) is 83.0 Å². The fraction of sp³-hybridized carbons (Fsp3) is 0.750. The van der Waals surface area contributed by atoms with Crippen LogP contribution >= 0.6 is 0 Å². The Hall–Kier alpha value is -1.43. The molecule has 0 aliphatic rings. The summed E-state index contributed by atoms with van der Waals surface area (Å²) in [7, 11) is 1.31. The fourth-order valence-corrected chi connectivity index (χ4v) is 2.05. The van der Waals surface area contributed by atoms with Gasteiger partial charge in [0.25, 0.3) is 5.82 Å². The van der Waals surface area contributed by atoms with Crippen molar-refractivity contribution in [1.29, 1.82) is 0 Å². The van der Waals surface area contributed by atoms with Gasteiger partial charge in [0.2, 0.25) is 0 Å². The Labute approximate surface area is 108 Å². The maximum absolute atomic E-state index is 11.3. The first-order chi connectivity index (χ1) is 8.31. The molecule has 0 aliphatic carbocycles. The van der Waals surface area contributed by atoms with Crippen LogP contribution in [-0.2, 0) is 4.74 Å². The Kier molecular flexibility index (Phi) is 4.45. The quantitative estimate of drug-likeness (QED) is 0.821. The highest BCUT2D eigenvalue weighted by Crippen LogP contribution is 2.32. The Bertz CT molecular complexity index is 408. The van der Waals surface area contributed by atoms with Gasteiger partial charge in [-0.05, 0) is 11.8 Å². The molecule has 0 fully saturated rings. The second-order valence-corrected chi connectivity index (χ2v) is 5.42. The zero-order chi connectivity index (χ0) is 13.9. The Morgan fingerprint density at radius 3 is 2.61 bits per heavy atom. The molecule has 0 saturated carbocycles. The molecule has 2 unspecified atom stereocenters. The van der Waals surface area contributed by atoms with Gasteiger partial charge in [-0.25, -0.2) is 14.5 Å². The van der Waals surface area contributed by atoms with E-state index in [2.05, 4.69) is 35.6 Å². The van der Waals surface area contributed by atoms with E-state index in [0.29, 0.717) is 0 Å². The summed E-state index contributed by atoms with van der Waals surface area (Å²) in [6.07, 6.45) is 2.37. The molecule has 2 atom stereocenters. The number of nitrogens with two attached hydrogens (primary N) is 1. The molecule has 18 heavy (non-hydrogen) atoms. The molecule has 0 aromatic carbocycles. The average molecular weight is 254 g/mol. The highest BCUT2D eigenvalue weighted by Gasteiger charge is 2.32.